The third-order valence-corrected chi connectivity index (χ3v) is 4.69. The van der Waals surface area contributed by atoms with Crippen molar-refractivity contribution in [3.8, 4) is 0 Å². The van der Waals surface area contributed by atoms with Crippen LogP contribution < -0.4 is 5.73 Å². The minimum atomic E-state index is -0.945. The Labute approximate surface area is 177 Å². The Morgan fingerprint density at radius 3 is 2.24 bits per heavy atom. The number of benzene rings is 2. The van der Waals surface area contributed by atoms with Crippen LogP contribution in [0.1, 0.15) is 25.0 Å². The highest BCUT2D eigenvalue weighted by Gasteiger charge is 2.36. The van der Waals surface area contributed by atoms with Crippen LogP contribution in [0.3, 0.4) is 0 Å². The zero-order valence-corrected chi connectivity index (χ0v) is 17.0. The van der Waals surface area contributed by atoms with Crippen molar-refractivity contribution in [2.45, 2.75) is 19.4 Å². The average molecular weight is 433 g/mol. The van der Waals surface area contributed by atoms with Gasteiger partial charge < -0.3 is 15.2 Å². The predicted octanol–water partition coefficient (Wildman–Crippen LogP) is 4.53. The summed E-state index contributed by atoms with van der Waals surface area (Å²) in [5.41, 5.74) is 6.92. The van der Waals surface area contributed by atoms with Crippen LogP contribution in [-0.4, -0.2) is 24.2 Å². The summed E-state index contributed by atoms with van der Waals surface area (Å²) >= 11 is 11.9. The molecule has 1 amide bonds. The van der Waals surface area contributed by atoms with E-state index in [2.05, 4.69) is 4.99 Å². The van der Waals surface area contributed by atoms with Crippen molar-refractivity contribution in [1.29, 1.82) is 0 Å². The van der Waals surface area contributed by atoms with Crippen LogP contribution in [0.2, 0.25) is 10.0 Å². The number of halogens is 2. The molecule has 1 atom stereocenters. The predicted molar refractivity (Wildman–Crippen MR) is 111 cm³/mol. The van der Waals surface area contributed by atoms with Gasteiger partial charge >= 0.3 is 5.97 Å². The van der Waals surface area contributed by atoms with E-state index in [1.165, 1.54) is 0 Å². The summed E-state index contributed by atoms with van der Waals surface area (Å²) < 4.78 is 10.9. The molecule has 1 heterocycles. The van der Waals surface area contributed by atoms with Crippen molar-refractivity contribution in [2.75, 3.05) is 6.61 Å². The Kier molecular flexibility index (Phi) is 6.56. The number of aliphatic imine (C=N–C) groups is 1. The first kappa shape index (κ1) is 20.9. The van der Waals surface area contributed by atoms with Crippen LogP contribution in [0.15, 0.2) is 64.9 Å². The molecular weight excluding hydrogens is 415 g/mol. The van der Waals surface area contributed by atoms with E-state index in [1.807, 2.05) is 12.1 Å². The number of rotatable bonds is 5. The third-order valence-electron chi connectivity index (χ3n) is 4.19. The van der Waals surface area contributed by atoms with Gasteiger partial charge in [-0.25, -0.2) is 9.79 Å². The van der Waals surface area contributed by atoms with Crippen LogP contribution in [-0.2, 0) is 19.1 Å². The van der Waals surface area contributed by atoms with Gasteiger partial charge in [0.05, 0.1) is 18.0 Å². The van der Waals surface area contributed by atoms with Gasteiger partial charge in [-0.2, -0.15) is 0 Å². The van der Waals surface area contributed by atoms with Crippen molar-refractivity contribution < 1.29 is 19.1 Å². The zero-order valence-electron chi connectivity index (χ0n) is 15.5. The van der Waals surface area contributed by atoms with Gasteiger partial charge in [-0.05, 0) is 48.9 Å². The maximum absolute atomic E-state index is 12.4. The fraction of sp³-hybridized carbons (Fsp3) is 0.190. The molecule has 29 heavy (non-hydrogen) atoms. The third kappa shape index (κ3) is 4.96. The molecule has 2 aromatic rings. The Balaban J connectivity index is 2.08. The maximum atomic E-state index is 12.4. The number of hydrogen-bond donors (Lipinski definition) is 1. The minimum absolute atomic E-state index is 0.0193. The minimum Gasteiger partial charge on any atom is -0.482 e. The Morgan fingerprint density at radius 2 is 1.69 bits per heavy atom. The first-order chi connectivity index (χ1) is 13.9. The topological polar surface area (TPSA) is 91.0 Å². The molecule has 2 N–H and O–H groups in total. The van der Waals surface area contributed by atoms with Crippen molar-refractivity contribution >= 4 is 46.5 Å². The number of hydrogen-bond acceptors (Lipinski definition) is 5. The van der Waals surface area contributed by atoms with E-state index >= 15 is 0 Å². The summed E-state index contributed by atoms with van der Waals surface area (Å²) in [4.78, 5) is 28.9. The molecule has 0 radical (unpaired) electrons. The Bertz CT molecular complexity index is 983. The monoisotopic (exact) mass is 432 g/mol. The molecule has 0 spiro atoms. The summed E-state index contributed by atoms with van der Waals surface area (Å²) in [5.74, 6) is -1.78. The lowest BCUT2D eigenvalue weighted by Gasteiger charge is -2.12. The van der Waals surface area contributed by atoms with Crippen molar-refractivity contribution in [3.05, 3.63) is 75.5 Å². The van der Waals surface area contributed by atoms with Gasteiger partial charge in [0.25, 0.3) is 5.91 Å². The van der Waals surface area contributed by atoms with Crippen LogP contribution in [0.5, 0.6) is 0 Å². The lowest BCUT2D eigenvalue weighted by Crippen LogP contribution is -2.25. The molecule has 1 saturated heterocycles. The highest BCUT2D eigenvalue weighted by molar-refractivity contribution is 6.31. The Hall–Kier alpha value is -2.83. The number of nitrogens with two attached hydrogens (primary N) is 1. The number of carbonyl (C=O) groups is 2. The smallest absolute Gasteiger partial charge is 0.347 e. The second kappa shape index (κ2) is 9.11. The lowest BCUT2D eigenvalue weighted by atomic mass is 10.0. The summed E-state index contributed by atoms with van der Waals surface area (Å²) in [7, 11) is 0. The largest absolute Gasteiger partial charge is 0.482 e. The van der Waals surface area contributed by atoms with Crippen molar-refractivity contribution in [3.63, 3.8) is 0 Å². The van der Waals surface area contributed by atoms with E-state index in [0.29, 0.717) is 27.9 Å². The average Bonchev–Trinajstić information content (AvgIpc) is 3.07. The van der Waals surface area contributed by atoms with E-state index in [9.17, 15) is 9.59 Å². The Morgan fingerprint density at radius 1 is 1.10 bits per heavy atom. The molecule has 8 heteroatoms. The van der Waals surface area contributed by atoms with Crippen LogP contribution in [0, 0.1) is 0 Å². The number of esters is 1. The standard InChI is InChI=1S/C21H18Cl2N2O4/c1-2-28-21(27)18(20(24)26)19-16(25-15-9-7-14(23)8-10-15)11-17(29-19)12-3-5-13(22)6-4-12/h3-10,17H,2,11H2,1H3,(H2,24,26). The zero-order chi connectivity index (χ0) is 21.0. The highest BCUT2D eigenvalue weighted by atomic mass is 35.5. The van der Waals surface area contributed by atoms with E-state index in [4.69, 9.17) is 38.4 Å². The molecule has 6 nitrogen and oxygen atoms in total. The van der Waals surface area contributed by atoms with E-state index in [-0.39, 0.29) is 17.9 Å². The molecule has 150 valence electrons. The molecule has 1 fully saturated rings. The number of nitrogens with zero attached hydrogens (tertiary/aromatic N) is 1. The van der Waals surface area contributed by atoms with Gasteiger partial charge in [-0.1, -0.05) is 35.3 Å². The summed E-state index contributed by atoms with van der Waals surface area (Å²) in [5, 5.41) is 1.15. The quantitative estimate of drug-likeness (QED) is 0.325. The second-order valence-corrected chi connectivity index (χ2v) is 7.06. The molecular formula is C21H18Cl2N2O4. The number of ether oxygens (including phenoxy) is 2. The normalized spacial score (nSPS) is 19.0. The van der Waals surface area contributed by atoms with Gasteiger partial charge in [0.1, 0.15) is 6.10 Å². The molecule has 0 aromatic heterocycles. The summed E-state index contributed by atoms with van der Waals surface area (Å²) in [6.45, 7) is 1.73. The fourth-order valence-electron chi connectivity index (χ4n) is 2.86. The number of amides is 1. The molecule has 3 rings (SSSR count). The van der Waals surface area contributed by atoms with E-state index in [1.54, 1.807) is 43.3 Å². The van der Waals surface area contributed by atoms with Crippen LogP contribution in [0.25, 0.3) is 0 Å². The molecule has 0 bridgehead atoms. The first-order valence-corrected chi connectivity index (χ1v) is 9.61. The van der Waals surface area contributed by atoms with E-state index < -0.39 is 18.0 Å². The van der Waals surface area contributed by atoms with E-state index in [0.717, 1.165) is 5.56 Å². The first-order valence-electron chi connectivity index (χ1n) is 8.86. The number of allylic oxidation sites excluding steroid dienone is 1. The van der Waals surface area contributed by atoms with Gasteiger partial charge in [0.15, 0.2) is 11.3 Å². The summed E-state index contributed by atoms with van der Waals surface area (Å²) in [6, 6.07) is 13.9. The lowest BCUT2D eigenvalue weighted by molar-refractivity contribution is -0.140. The van der Waals surface area contributed by atoms with Crippen molar-refractivity contribution in [1.82, 2.24) is 0 Å². The van der Waals surface area contributed by atoms with Gasteiger partial charge in [-0.3, -0.25) is 4.79 Å². The second-order valence-electron chi connectivity index (χ2n) is 6.19. The van der Waals surface area contributed by atoms with Crippen molar-refractivity contribution in [2.24, 2.45) is 10.7 Å². The summed E-state index contributed by atoms with van der Waals surface area (Å²) in [6.07, 6.45) is -0.132. The molecule has 1 aliphatic rings. The molecule has 2 aromatic carbocycles. The van der Waals surface area contributed by atoms with Gasteiger partial charge in [-0.15, -0.1) is 0 Å². The van der Waals surface area contributed by atoms with Gasteiger partial charge in [0.2, 0.25) is 0 Å². The van der Waals surface area contributed by atoms with Gasteiger partial charge in [0, 0.05) is 16.5 Å². The number of carbonyl (C=O) groups excluding carboxylic acids is 2. The van der Waals surface area contributed by atoms with Crippen LogP contribution >= 0.6 is 23.2 Å². The molecule has 1 unspecified atom stereocenters. The van der Waals surface area contributed by atoms with Crippen LogP contribution in [0.4, 0.5) is 5.69 Å². The highest BCUT2D eigenvalue weighted by Crippen LogP contribution is 2.37. The molecule has 0 aliphatic carbocycles. The number of primary amides is 1. The SMILES string of the molecule is CCOC(=O)C(C(N)=O)=C1OC(c2ccc(Cl)cc2)CC1=Nc1ccc(Cl)cc1. The molecule has 0 saturated carbocycles. The maximum Gasteiger partial charge on any atom is 0.347 e. The fourth-order valence-corrected chi connectivity index (χ4v) is 3.12. The molecule has 1 aliphatic heterocycles.